The fourth-order valence-corrected chi connectivity index (χ4v) is 3.37. The van der Waals surface area contributed by atoms with Crippen molar-refractivity contribution in [2.75, 3.05) is 11.1 Å². The summed E-state index contributed by atoms with van der Waals surface area (Å²) in [4.78, 5) is 20.5. The fraction of sp³-hybridized carbons (Fsp3) is 0.0435. The number of fused-ring (bicyclic) bond motifs is 1. The molecule has 0 aliphatic carbocycles. The van der Waals surface area contributed by atoms with E-state index in [1.807, 2.05) is 66.7 Å². The first-order valence-electron chi connectivity index (χ1n) is 9.76. The molecule has 31 heavy (non-hydrogen) atoms. The number of nitrogen functional groups attached to an aromatic ring is 1. The van der Waals surface area contributed by atoms with Crippen molar-refractivity contribution >= 4 is 28.3 Å². The number of para-hydroxylation sites is 2. The summed E-state index contributed by atoms with van der Waals surface area (Å²) in [5.41, 5.74) is 11.1. The average Bonchev–Trinajstić information content (AvgIpc) is 3.42. The third-order valence-corrected chi connectivity index (χ3v) is 4.93. The maximum atomic E-state index is 12.7. The minimum absolute atomic E-state index is 0.195. The van der Waals surface area contributed by atoms with Crippen LogP contribution in [-0.4, -0.2) is 30.9 Å². The van der Waals surface area contributed by atoms with E-state index in [-0.39, 0.29) is 11.6 Å². The topological polar surface area (TPSA) is 115 Å². The van der Waals surface area contributed by atoms with Crippen molar-refractivity contribution in [1.82, 2.24) is 25.0 Å². The Morgan fingerprint density at radius 1 is 1.00 bits per heavy atom. The maximum Gasteiger partial charge on any atom is 0.277 e. The molecule has 3 aromatic carbocycles. The first-order valence-corrected chi connectivity index (χ1v) is 9.76. The molecular formula is C23H19N7O. The molecule has 4 N–H and O–H groups in total. The van der Waals surface area contributed by atoms with Gasteiger partial charge < -0.3 is 16.0 Å². The number of benzene rings is 3. The molecule has 0 aliphatic heterocycles. The van der Waals surface area contributed by atoms with Crippen molar-refractivity contribution in [2.24, 2.45) is 0 Å². The molecule has 0 saturated heterocycles. The highest BCUT2D eigenvalue weighted by Gasteiger charge is 2.14. The molecule has 1 amide bonds. The molecule has 2 aromatic heterocycles. The minimum Gasteiger partial charge on any atom is -0.397 e. The number of carbonyl (C=O) groups excluding carboxylic acids is 1. The number of rotatable bonds is 5. The van der Waals surface area contributed by atoms with Crippen molar-refractivity contribution < 1.29 is 4.79 Å². The first-order chi connectivity index (χ1) is 15.2. The summed E-state index contributed by atoms with van der Waals surface area (Å²) >= 11 is 0. The van der Waals surface area contributed by atoms with Gasteiger partial charge in [0.25, 0.3) is 5.91 Å². The van der Waals surface area contributed by atoms with Gasteiger partial charge in [0.15, 0.2) is 5.69 Å². The molecule has 2 heterocycles. The van der Waals surface area contributed by atoms with Gasteiger partial charge in [-0.1, -0.05) is 53.7 Å². The summed E-state index contributed by atoms with van der Waals surface area (Å²) in [6.07, 6.45) is 1.58. The summed E-state index contributed by atoms with van der Waals surface area (Å²) in [7, 11) is 0. The second-order valence-electron chi connectivity index (χ2n) is 7.12. The molecular weight excluding hydrogens is 390 g/mol. The predicted molar refractivity (Wildman–Crippen MR) is 119 cm³/mol. The predicted octanol–water partition coefficient (Wildman–Crippen LogP) is 3.70. The van der Waals surface area contributed by atoms with Gasteiger partial charge in [-0.25, -0.2) is 9.67 Å². The molecule has 8 nitrogen and oxygen atoms in total. The number of nitrogens with one attached hydrogen (secondary N) is 2. The summed E-state index contributed by atoms with van der Waals surface area (Å²) in [6, 6.07) is 23.2. The number of hydrogen-bond donors (Lipinski definition) is 3. The molecule has 0 radical (unpaired) electrons. The molecule has 0 bridgehead atoms. The fourth-order valence-electron chi connectivity index (χ4n) is 3.37. The summed E-state index contributed by atoms with van der Waals surface area (Å²) in [5, 5.41) is 10.9. The molecule has 0 atom stereocenters. The number of amides is 1. The highest BCUT2D eigenvalue weighted by Crippen LogP contribution is 2.27. The van der Waals surface area contributed by atoms with Crippen LogP contribution in [0, 0.1) is 0 Å². The number of aromatic amines is 1. The molecule has 0 saturated carbocycles. The van der Waals surface area contributed by atoms with Crippen LogP contribution in [0.4, 0.5) is 11.4 Å². The molecule has 5 rings (SSSR count). The minimum atomic E-state index is -0.382. The van der Waals surface area contributed by atoms with Gasteiger partial charge in [0.2, 0.25) is 0 Å². The Morgan fingerprint density at radius 3 is 2.65 bits per heavy atom. The monoisotopic (exact) mass is 409 g/mol. The lowest BCUT2D eigenvalue weighted by molar-refractivity contribution is 0.102. The normalized spacial score (nSPS) is 11.0. The van der Waals surface area contributed by atoms with Crippen LogP contribution in [0.25, 0.3) is 22.2 Å². The number of nitrogens with zero attached hydrogens (tertiary/aromatic N) is 4. The van der Waals surface area contributed by atoms with Crippen LogP contribution in [0.3, 0.4) is 0 Å². The SMILES string of the molecule is Nc1ccc(-c2ccccc2)cc1NC(=O)c1cn(Cc2nc3ccccc3[nH]2)nn1. The van der Waals surface area contributed by atoms with Crippen molar-refractivity contribution in [3.63, 3.8) is 0 Å². The van der Waals surface area contributed by atoms with E-state index < -0.39 is 0 Å². The Bertz CT molecular complexity index is 1340. The summed E-state index contributed by atoms with van der Waals surface area (Å²) < 4.78 is 1.57. The van der Waals surface area contributed by atoms with Gasteiger partial charge in [0.1, 0.15) is 12.4 Å². The third-order valence-electron chi connectivity index (χ3n) is 4.93. The third kappa shape index (κ3) is 3.86. The van der Waals surface area contributed by atoms with Crippen LogP contribution in [0.1, 0.15) is 16.3 Å². The molecule has 8 heteroatoms. The molecule has 152 valence electrons. The molecule has 5 aromatic rings. The van der Waals surface area contributed by atoms with Crippen LogP contribution >= 0.6 is 0 Å². The Labute approximate surface area is 177 Å². The Morgan fingerprint density at radius 2 is 1.81 bits per heavy atom. The van der Waals surface area contributed by atoms with Gasteiger partial charge in [0, 0.05) is 0 Å². The second kappa shape index (κ2) is 7.75. The first kappa shape index (κ1) is 18.6. The summed E-state index contributed by atoms with van der Waals surface area (Å²) in [6.45, 7) is 0.376. The number of aromatic nitrogens is 5. The highest BCUT2D eigenvalue weighted by molar-refractivity contribution is 6.04. The van der Waals surface area contributed by atoms with E-state index in [4.69, 9.17) is 5.73 Å². The maximum absolute atomic E-state index is 12.7. The van der Waals surface area contributed by atoms with Crippen molar-refractivity contribution in [3.05, 3.63) is 90.5 Å². The summed E-state index contributed by atoms with van der Waals surface area (Å²) in [5.74, 6) is 0.352. The van der Waals surface area contributed by atoms with E-state index in [0.717, 1.165) is 28.0 Å². The number of anilines is 2. The molecule has 0 spiro atoms. The number of nitrogens with two attached hydrogens (primary N) is 1. The van der Waals surface area contributed by atoms with E-state index in [2.05, 4.69) is 25.6 Å². The van der Waals surface area contributed by atoms with Gasteiger partial charge in [-0.05, 0) is 35.4 Å². The smallest absolute Gasteiger partial charge is 0.277 e. The van der Waals surface area contributed by atoms with Gasteiger partial charge in [-0.2, -0.15) is 0 Å². The molecule has 0 unspecified atom stereocenters. The largest absolute Gasteiger partial charge is 0.397 e. The van der Waals surface area contributed by atoms with Crippen molar-refractivity contribution in [1.29, 1.82) is 0 Å². The van der Waals surface area contributed by atoms with E-state index >= 15 is 0 Å². The zero-order chi connectivity index (χ0) is 21.2. The van der Waals surface area contributed by atoms with Crippen molar-refractivity contribution in [2.45, 2.75) is 6.54 Å². The van der Waals surface area contributed by atoms with E-state index in [0.29, 0.717) is 17.9 Å². The number of H-pyrrole nitrogens is 1. The Hall–Kier alpha value is -4.46. The van der Waals surface area contributed by atoms with Gasteiger partial charge in [0.05, 0.1) is 28.6 Å². The zero-order valence-corrected chi connectivity index (χ0v) is 16.5. The van der Waals surface area contributed by atoms with E-state index in [1.165, 1.54) is 0 Å². The quantitative estimate of drug-likeness (QED) is 0.383. The van der Waals surface area contributed by atoms with Crippen LogP contribution in [0.2, 0.25) is 0 Å². The number of hydrogen-bond acceptors (Lipinski definition) is 5. The lowest BCUT2D eigenvalue weighted by Gasteiger charge is -2.09. The molecule has 0 aliphatic rings. The second-order valence-corrected chi connectivity index (χ2v) is 7.12. The standard InChI is InChI=1S/C23H19N7O/c24-17-11-10-16(15-6-2-1-3-7-15)12-20(17)27-23(31)21-13-30(29-28-21)14-22-25-18-8-4-5-9-19(18)26-22/h1-13H,14,24H2,(H,25,26)(H,27,31). The van der Waals surface area contributed by atoms with Gasteiger partial charge in [-0.3, -0.25) is 4.79 Å². The average molecular weight is 409 g/mol. The van der Waals surface area contributed by atoms with Gasteiger partial charge >= 0.3 is 0 Å². The van der Waals surface area contributed by atoms with Gasteiger partial charge in [-0.15, -0.1) is 5.10 Å². The van der Waals surface area contributed by atoms with Crippen LogP contribution < -0.4 is 11.1 Å². The van der Waals surface area contributed by atoms with Crippen molar-refractivity contribution in [3.8, 4) is 11.1 Å². The Kier molecular flexibility index (Phi) is 4.64. The number of carbonyl (C=O) groups is 1. The van der Waals surface area contributed by atoms with Crippen LogP contribution in [-0.2, 0) is 6.54 Å². The lowest BCUT2D eigenvalue weighted by atomic mass is 10.0. The van der Waals surface area contributed by atoms with E-state index in [9.17, 15) is 4.79 Å². The van der Waals surface area contributed by atoms with Crippen LogP contribution in [0.15, 0.2) is 79.0 Å². The number of imidazole rings is 1. The van der Waals surface area contributed by atoms with Crippen LogP contribution in [0.5, 0.6) is 0 Å². The Balaban J connectivity index is 1.33. The lowest BCUT2D eigenvalue weighted by Crippen LogP contribution is -2.14. The van der Waals surface area contributed by atoms with E-state index in [1.54, 1.807) is 16.9 Å². The molecule has 0 fully saturated rings. The highest BCUT2D eigenvalue weighted by atomic mass is 16.2. The zero-order valence-electron chi connectivity index (χ0n) is 16.5.